The van der Waals surface area contributed by atoms with Crippen LogP contribution in [-0.2, 0) is 11.2 Å². The van der Waals surface area contributed by atoms with Crippen LogP contribution in [0.3, 0.4) is 0 Å². The van der Waals surface area contributed by atoms with Gasteiger partial charge in [0.05, 0.1) is 11.7 Å². The van der Waals surface area contributed by atoms with E-state index in [4.69, 9.17) is 5.73 Å². The molecule has 1 aliphatic heterocycles. The Bertz CT molecular complexity index is 931. The summed E-state index contributed by atoms with van der Waals surface area (Å²) in [7, 11) is 0. The van der Waals surface area contributed by atoms with E-state index in [1.54, 1.807) is 16.8 Å². The summed E-state index contributed by atoms with van der Waals surface area (Å²) in [5.74, 6) is -4.02. The van der Waals surface area contributed by atoms with Gasteiger partial charge in [-0.1, -0.05) is 0 Å². The van der Waals surface area contributed by atoms with Gasteiger partial charge >= 0.3 is 6.18 Å². The van der Waals surface area contributed by atoms with Crippen molar-refractivity contribution in [3.8, 4) is 0 Å². The lowest BCUT2D eigenvalue weighted by Gasteiger charge is -2.31. The predicted molar refractivity (Wildman–Crippen MR) is 98.8 cm³/mol. The van der Waals surface area contributed by atoms with Crippen LogP contribution in [0.2, 0.25) is 0 Å². The molecule has 1 amide bonds. The minimum Gasteiger partial charge on any atom is -0.344 e. The minimum absolute atomic E-state index is 0.0389. The Hall–Kier alpha value is -2.23. The van der Waals surface area contributed by atoms with Gasteiger partial charge in [0.1, 0.15) is 6.04 Å². The molecule has 0 radical (unpaired) electrons. The van der Waals surface area contributed by atoms with Gasteiger partial charge in [-0.05, 0) is 54.9 Å². The third-order valence-corrected chi connectivity index (χ3v) is 6.27. The Morgan fingerprint density at radius 1 is 1.27 bits per heavy atom. The molecule has 30 heavy (non-hydrogen) atoms. The number of rotatable bonds is 4. The fraction of sp³-hybridized carbons (Fsp3) is 0.600. The summed E-state index contributed by atoms with van der Waals surface area (Å²) in [4.78, 5) is 11.9. The zero-order valence-corrected chi connectivity index (χ0v) is 16.1. The average Bonchev–Trinajstić information content (AvgIpc) is 3.24. The zero-order valence-electron chi connectivity index (χ0n) is 16.1. The molecule has 3 N–H and O–H groups in total. The summed E-state index contributed by atoms with van der Waals surface area (Å²) in [5.41, 5.74) is 8.46. The molecule has 5 nitrogen and oxygen atoms in total. The SMILES string of the molecule is N[C@H](c1cc2cc(CC3C[C@@H](C(F)(F)F)NC3=O)cnn2c1)C1CCC(F)(F)CC1. The number of fused-ring (bicyclic) bond motifs is 1. The van der Waals surface area contributed by atoms with E-state index in [9.17, 15) is 26.7 Å². The first kappa shape index (κ1) is 21.0. The summed E-state index contributed by atoms with van der Waals surface area (Å²) in [6.45, 7) is 0. The highest BCUT2D eigenvalue weighted by atomic mass is 19.4. The van der Waals surface area contributed by atoms with Crippen LogP contribution in [0.5, 0.6) is 0 Å². The molecular formula is C20H23F5N4O. The molecule has 3 heterocycles. The van der Waals surface area contributed by atoms with Crippen molar-refractivity contribution in [3.05, 3.63) is 35.7 Å². The molecule has 2 aromatic rings. The van der Waals surface area contributed by atoms with Crippen LogP contribution in [0.1, 0.15) is 49.3 Å². The van der Waals surface area contributed by atoms with Gasteiger partial charge in [0, 0.05) is 31.0 Å². The van der Waals surface area contributed by atoms with Crippen LogP contribution in [0.25, 0.3) is 5.52 Å². The second-order valence-corrected chi connectivity index (χ2v) is 8.47. The third-order valence-electron chi connectivity index (χ3n) is 6.27. The Morgan fingerprint density at radius 3 is 2.60 bits per heavy atom. The maximum atomic E-state index is 13.4. The maximum Gasteiger partial charge on any atom is 0.408 e. The van der Waals surface area contributed by atoms with Crippen LogP contribution >= 0.6 is 0 Å². The quantitative estimate of drug-likeness (QED) is 0.726. The van der Waals surface area contributed by atoms with Crippen LogP contribution in [0.4, 0.5) is 22.0 Å². The van der Waals surface area contributed by atoms with E-state index in [1.165, 1.54) is 6.20 Å². The van der Waals surface area contributed by atoms with Gasteiger partial charge < -0.3 is 11.1 Å². The van der Waals surface area contributed by atoms with Crippen molar-refractivity contribution in [1.82, 2.24) is 14.9 Å². The summed E-state index contributed by atoms with van der Waals surface area (Å²) in [6, 6.07) is 1.39. The monoisotopic (exact) mass is 430 g/mol. The lowest BCUT2D eigenvalue weighted by atomic mass is 9.80. The summed E-state index contributed by atoms with van der Waals surface area (Å²) < 4.78 is 66.9. The fourth-order valence-corrected chi connectivity index (χ4v) is 4.47. The molecule has 2 fully saturated rings. The number of hydrogen-bond acceptors (Lipinski definition) is 3. The smallest absolute Gasteiger partial charge is 0.344 e. The number of halogens is 5. The molecule has 3 atom stereocenters. The number of alkyl halides is 5. The molecular weight excluding hydrogens is 407 g/mol. The molecule has 1 saturated heterocycles. The first-order valence-corrected chi connectivity index (χ1v) is 9.99. The van der Waals surface area contributed by atoms with Gasteiger partial charge in [-0.15, -0.1) is 0 Å². The highest BCUT2D eigenvalue weighted by molar-refractivity contribution is 5.81. The number of nitrogens with two attached hydrogens (primary N) is 1. The number of carbonyl (C=O) groups is 1. The normalized spacial score (nSPS) is 26.1. The molecule has 1 saturated carbocycles. The summed E-state index contributed by atoms with van der Waals surface area (Å²) in [6.07, 6.45) is -0.930. The van der Waals surface area contributed by atoms with Crippen molar-refractivity contribution >= 4 is 11.4 Å². The van der Waals surface area contributed by atoms with E-state index < -0.39 is 30.0 Å². The molecule has 164 valence electrons. The van der Waals surface area contributed by atoms with Crippen molar-refractivity contribution in [2.45, 2.75) is 62.7 Å². The molecule has 2 aliphatic rings. The number of amides is 1. The second kappa shape index (κ2) is 7.47. The van der Waals surface area contributed by atoms with Gasteiger partial charge in [0.15, 0.2) is 0 Å². The second-order valence-electron chi connectivity index (χ2n) is 8.47. The van der Waals surface area contributed by atoms with E-state index in [2.05, 4.69) is 5.10 Å². The van der Waals surface area contributed by atoms with E-state index in [0.717, 1.165) is 5.56 Å². The van der Waals surface area contributed by atoms with Gasteiger partial charge in [-0.2, -0.15) is 18.3 Å². The Balaban J connectivity index is 1.46. The van der Waals surface area contributed by atoms with Crippen molar-refractivity contribution in [3.63, 3.8) is 0 Å². The highest BCUT2D eigenvalue weighted by Crippen LogP contribution is 2.40. The van der Waals surface area contributed by atoms with E-state index >= 15 is 0 Å². The van der Waals surface area contributed by atoms with Crippen LogP contribution in [0, 0.1) is 11.8 Å². The standard InChI is InChI=1S/C20H23F5N4O/c21-19(22)3-1-12(2-4-19)17(26)14-7-15-6-11(9-27-29(15)10-14)5-13-8-16(20(23,24)25)28-18(13)30/h6-7,9-10,12-13,16-17H,1-5,8,26H2,(H,28,30)/t13?,16-,17-/m0/s1. The number of aromatic nitrogens is 2. The first-order valence-electron chi connectivity index (χ1n) is 9.99. The fourth-order valence-electron chi connectivity index (χ4n) is 4.47. The number of hydrogen-bond donors (Lipinski definition) is 2. The topological polar surface area (TPSA) is 72.4 Å². The Labute approximate surface area is 169 Å². The van der Waals surface area contributed by atoms with E-state index in [-0.39, 0.29) is 37.6 Å². The van der Waals surface area contributed by atoms with Gasteiger partial charge in [0.2, 0.25) is 11.8 Å². The van der Waals surface area contributed by atoms with Crippen LogP contribution < -0.4 is 11.1 Å². The molecule has 0 bridgehead atoms. The molecule has 2 aromatic heterocycles. The number of nitrogens with one attached hydrogen (secondary N) is 1. The predicted octanol–water partition coefficient (Wildman–Crippen LogP) is 3.77. The molecule has 1 aliphatic carbocycles. The Morgan fingerprint density at radius 2 is 1.97 bits per heavy atom. The van der Waals surface area contributed by atoms with Crippen LogP contribution in [-0.4, -0.2) is 33.7 Å². The minimum atomic E-state index is -4.46. The molecule has 10 heteroatoms. The van der Waals surface area contributed by atoms with Crippen molar-refractivity contribution in [1.29, 1.82) is 0 Å². The molecule has 0 aromatic carbocycles. The van der Waals surface area contributed by atoms with Crippen molar-refractivity contribution in [2.24, 2.45) is 17.6 Å². The third kappa shape index (κ3) is 4.28. The lowest BCUT2D eigenvalue weighted by molar-refractivity contribution is -0.154. The highest BCUT2D eigenvalue weighted by Gasteiger charge is 2.47. The van der Waals surface area contributed by atoms with Crippen LogP contribution in [0.15, 0.2) is 24.5 Å². The maximum absolute atomic E-state index is 13.4. The zero-order chi connectivity index (χ0) is 21.7. The molecule has 0 spiro atoms. The summed E-state index contributed by atoms with van der Waals surface area (Å²) >= 11 is 0. The first-order chi connectivity index (χ1) is 14.0. The van der Waals surface area contributed by atoms with E-state index in [1.807, 2.05) is 11.4 Å². The largest absolute Gasteiger partial charge is 0.408 e. The van der Waals surface area contributed by atoms with Crippen molar-refractivity contribution in [2.75, 3.05) is 0 Å². The lowest BCUT2D eigenvalue weighted by Crippen LogP contribution is -2.38. The Kier molecular flexibility index (Phi) is 5.24. The summed E-state index contributed by atoms with van der Waals surface area (Å²) in [5, 5.41) is 6.28. The van der Waals surface area contributed by atoms with Gasteiger partial charge in [-0.3, -0.25) is 4.79 Å². The van der Waals surface area contributed by atoms with Crippen molar-refractivity contribution < 1.29 is 26.7 Å². The van der Waals surface area contributed by atoms with Gasteiger partial charge in [-0.25, -0.2) is 13.3 Å². The molecule has 1 unspecified atom stereocenters. The number of carbonyl (C=O) groups excluding carboxylic acids is 1. The number of nitrogens with zero attached hydrogens (tertiary/aromatic N) is 2. The average molecular weight is 430 g/mol. The van der Waals surface area contributed by atoms with Gasteiger partial charge in [0.25, 0.3) is 0 Å². The molecule has 4 rings (SSSR count). The van der Waals surface area contributed by atoms with E-state index in [0.29, 0.717) is 23.9 Å².